The maximum atomic E-state index is 12.4. The van der Waals surface area contributed by atoms with Gasteiger partial charge in [-0.05, 0) is 32.9 Å². The molecule has 0 radical (unpaired) electrons. The molecule has 1 amide bonds. The van der Waals surface area contributed by atoms with Crippen molar-refractivity contribution in [3.05, 3.63) is 40.7 Å². The lowest BCUT2D eigenvalue weighted by Crippen LogP contribution is -2.44. The number of rotatable bonds is 6. The molecule has 0 bridgehead atoms. The van der Waals surface area contributed by atoms with Crippen molar-refractivity contribution >= 4 is 5.91 Å². The molecule has 136 valence electrons. The largest absolute Gasteiger partial charge is 0.465 e. The van der Waals surface area contributed by atoms with Crippen LogP contribution in [0.25, 0.3) is 0 Å². The number of morpholine rings is 1. The van der Waals surface area contributed by atoms with E-state index in [-0.39, 0.29) is 18.4 Å². The van der Waals surface area contributed by atoms with E-state index in [1.54, 1.807) is 0 Å². The number of carbonyl (C=O) groups excluding carboxylic acids is 1. The minimum absolute atomic E-state index is 0.00576. The number of ether oxygens (including phenoxy) is 1. The summed E-state index contributed by atoms with van der Waals surface area (Å²) in [5.41, 5.74) is 1.62. The highest BCUT2D eigenvalue weighted by atomic mass is 16.5. The van der Waals surface area contributed by atoms with Gasteiger partial charge in [-0.25, -0.2) is 0 Å². The number of hydrogen-bond acceptors (Lipinski definition) is 6. The summed E-state index contributed by atoms with van der Waals surface area (Å²) in [6, 6.07) is 3.94. The lowest BCUT2D eigenvalue weighted by molar-refractivity contribution is -0.120. The van der Waals surface area contributed by atoms with E-state index in [4.69, 9.17) is 13.7 Å². The first kappa shape index (κ1) is 17.7. The molecule has 0 saturated carbocycles. The van der Waals surface area contributed by atoms with Gasteiger partial charge in [0, 0.05) is 25.2 Å². The zero-order valence-electron chi connectivity index (χ0n) is 15.0. The third-order valence-electron chi connectivity index (χ3n) is 4.59. The van der Waals surface area contributed by atoms with E-state index >= 15 is 0 Å². The molecule has 1 aliphatic rings. The van der Waals surface area contributed by atoms with Gasteiger partial charge in [0.1, 0.15) is 17.3 Å². The zero-order chi connectivity index (χ0) is 17.8. The Hall–Kier alpha value is -2.12. The molecule has 1 saturated heterocycles. The summed E-state index contributed by atoms with van der Waals surface area (Å²) in [4.78, 5) is 14.7. The summed E-state index contributed by atoms with van der Waals surface area (Å²) in [7, 11) is 0. The molecular formula is C18H25N3O4. The van der Waals surface area contributed by atoms with Gasteiger partial charge in [0.2, 0.25) is 5.91 Å². The summed E-state index contributed by atoms with van der Waals surface area (Å²) in [5, 5.41) is 6.93. The van der Waals surface area contributed by atoms with Crippen LogP contribution in [0.3, 0.4) is 0 Å². The highest BCUT2D eigenvalue weighted by Gasteiger charge is 2.26. The molecule has 3 heterocycles. The minimum Gasteiger partial charge on any atom is -0.465 e. The van der Waals surface area contributed by atoms with E-state index in [2.05, 4.69) is 15.4 Å². The summed E-state index contributed by atoms with van der Waals surface area (Å²) in [6.45, 7) is 9.14. The monoisotopic (exact) mass is 347 g/mol. The Morgan fingerprint density at radius 1 is 1.28 bits per heavy atom. The summed E-state index contributed by atoms with van der Waals surface area (Å²) in [5.74, 6) is 2.39. The Morgan fingerprint density at radius 2 is 2.04 bits per heavy atom. The molecule has 2 aromatic rings. The predicted molar refractivity (Wildman–Crippen MR) is 91.3 cm³/mol. The summed E-state index contributed by atoms with van der Waals surface area (Å²) in [6.07, 6.45) is 0.272. The second kappa shape index (κ2) is 7.84. The van der Waals surface area contributed by atoms with Gasteiger partial charge in [-0.1, -0.05) is 5.16 Å². The average molecular weight is 347 g/mol. The van der Waals surface area contributed by atoms with Gasteiger partial charge in [0.05, 0.1) is 31.4 Å². The van der Waals surface area contributed by atoms with Crippen molar-refractivity contribution < 1.29 is 18.5 Å². The number of furan rings is 1. The quantitative estimate of drug-likeness (QED) is 0.860. The number of aromatic nitrogens is 1. The van der Waals surface area contributed by atoms with Crippen molar-refractivity contribution in [3.63, 3.8) is 0 Å². The van der Waals surface area contributed by atoms with Gasteiger partial charge in [-0.3, -0.25) is 9.69 Å². The Labute approximate surface area is 147 Å². The average Bonchev–Trinajstić information content (AvgIpc) is 3.17. The highest BCUT2D eigenvalue weighted by molar-refractivity contribution is 5.79. The second-order valence-electron chi connectivity index (χ2n) is 6.40. The van der Waals surface area contributed by atoms with Crippen LogP contribution in [0.2, 0.25) is 0 Å². The molecule has 0 aromatic carbocycles. The van der Waals surface area contributed by atoms with E-state index in [1.807, 2.05) is 32.9 Å². The predicted octanol–water partition coefficient (Wildman–Crippen LogP) is 1.93. The van der Waals surface area contributed by atoms with E-state index in [0.29, 0.717) is 25.5 Å². The zero-order valence-corrected chi connectivity index (χ0v) is 15.0. The molecular weight excluding hydrogens is 322 g/mol. The Balaban J connectivity index is 1.64. The first-order valence-corrected chi connectivity index (χ1v) is 8.61. The Kier molecular flexibility index (Phi) is 5.55. The van der Waals surface area contributed by atoms with Gasteiger partial charge in [-0.15, -0.1) is 0 Å². The molecule has 7 heteroatoms. The van der Waals surface area contributed by atoms with Crippen LogP contribution in [0.4, 0.5) is 0 Å². The van der Waals surface area contributed by atoms with Crippen LogP contribution in [0.15, 0.2) is 21.1 Å². The van der Waals surface area contributed by atoms with Gasteiger partial charge in [0.25, 0.3) is 0 Å². The third-order valence-corrected chi connectivity index (χ3v) is 4.59. The number of carbonyl (C=O) groups is 1. The lowest BCUT2D eigenvalue weighted by Gasteiger charge is -2.33. The van der Waals surface area contributed by atoms with Crippen LogP contribution in [-0.2, 0) is 16.0 Å². The molecule has 1 unspecified atom stereocenters. The second-order valence-corrected chi connectivity index (χ2v) is 6.40. The van der Waals surface area contributed by atoms with Crippen molar-refractivity contribution in [3.8, 4) is 0 Å². The molecule has 1 atom stereocenters. The molecule has 2 aromatic heterocycles. The number of nitrogens with zero attached hydrogens (tertiary/aromatic N) is 2. The van der Waals surface area contributed by atoms with E-state index in [9.17, 15) is 4.79 Å². The van der Waals surface area contributed by atoms with Crippen LogP contribution in [0.5, 0.6) is 0 Å². The van der Waals surface area contributed by atoms with Crippen molar-refractivity contribution in [1.29, 1.82) is 0 Å². The van der Waals surface area contributed by atoms with E-state index in [0.717, 1.165) is 35.9 Å². The number of amides is 1. The molecule has 7 nitrogen and oxygen atoms in total. The molecule has 1 aliphatic heterocycles. The van der Waals surface area contributed by atoms with Crippen LogP contribution < -0.4 is 5.32 Å². The van der Waals surface area contributed by atoms with Crippen LogP contribution in [-0.4, -0.2) is 48.8 Å². The van der Waals surface area contributed by atoms with Crippen molar-refractivity contribution in [2.45, 2.75) is 33.2 Å². The molecule has 25 heavy (non-hydrogen) atoms. The maximum absolute atomic E-state index is 12.4. The third kappa shape index (κ3) is 4.29. The lowest BCUT2D eigenvalue weighted by atomic mass is 10.1. The summed E-state index contributed by atoms with van der Waals surface area (Å²) < 4.78 is 16.4. The molecule has 3 rings (SSSR count). The SMILES string of the molecule is Cc1ccc(C(CNC(=O)Cc2c(C)noc2C)N2CCOCC2)o1. The number of hydrogen-bond donors (Lipinski definition) is 1. The van der Waals surface area contributed by atoms with Gasteiger partial charge in [-0.2, -0.15) is 0 Å². The normalized spacial score (nSPS) is 16.8. The van der Waals surface area contributed by atoms with Crippen LogP contribution >= 0.6 is 0 Å². The topological polar surface area (TPSA) is 80.7 Å². The molecule has 0 spiro atoms. The standard InChI is InChI=1S/C18H25N3O4/c1-12-4-5-17(24-12)16(21-6-8-23-9-7-21)11-19-18(22)10-15-13(2)20-25-14(15)3/h4-5,16H,6-11H2,1-3H3,(H,19,22). The van der Waals surface area contributed by atoms with Crippen molar-refractivity contribution in [2.24, 2.45) is 0 Å². The van der Waals surface area contributed by atoms with Gasteiger partial charge >= 0.3 is 0 Å². The molecule has 1 N–H and O–H groups in total. The fourth-order valence-corrected chi connectivity index (χ4v) is 3.12. The van der Waals surface area contributed by atoms with Gasteiger partial charge in [0.15, 0.2) is 0 Å². The number of nitrogens with one attached hydrogen (secondary N) is 1. The van der Waals surface area contributed by atoms with E-state index in [1.165, 1.54) is 0 Å². The first-order chi connectivity index (χ1) is 12.0. The Morgan fingerprint density at radius 3 is 2.64 bits per heavy atom. The fraction of sp³-hybridized carbons (Fsp3) is 0.556. The van der Waals surface area contributed by atoms with Gasteiger partial charge < -0.3 is 19.0 Å². The fourth-order valence-electron chi connectivity index (χ4n) is 3.12. The number of aryl methyl sites for hydroxylation is 3. The van der Waals surface area contributed by atoms with Crippen LogP contribution in [0, 0.1) is 20.8 Å². The smallest absolute Gasteiger partial charge is 0.224 e. The maximum Gasteiger partial charge on any atom is 0.224 e. The molecule has 0 aliphatic carbocycles. The van der Waals surface area contributed by atoms with Crippen molar-refractivity contribution in [1.82, 2.24) is 15.4 Å². The van der Waals surface area contributed by atoms with Crippen LogP contribution in [0.1, 0.15) is 34.6 Å². The molecule has 1 fully saturated rings. The highest BCUT2D eigenvalue weighted by Crippen LogP contribution is 2.23. The first-order valence-electron chi connectivity index (χ1n) is 8.61. The van der Waals surface area contributed by atoms with E-state index < -0.39 is 0 Å². The summed E-state index contributed by atoms with van der Waals surface area (Å²) >= 11 is 0. The minimum atomic E-state index is -0.0454. The van der Waals surface area contributed by atoms with Crippen molar-refractivity contribution in [2.75, 3.05) is 32.8 Å². The Bertz CT molecular complexity index is 696.